The molecule has 1 spiro atoms. The average molecular weight is 370 g/mol. The summed E-state index contributed by atoms with van der Waals surface area (Å²) in [5, 5.41) is 0. The molecule has 1 saturated heterocycles. The van der Waals surface area contributed by atoms with Crippen molar-refractivity contribution in [1.82, 2.24) is 9.88 Å². The smallest absolute Gasteiger partial charge is 0.247 e. The Morgan fingerprint density at radius 1 is 1.15 bits per heavy atom. The first-order valence-corrected chi connectivity index (χ1v) is 9.43. The molecule has 1 fully saturated rings. The van der Waals surface area contributed by atoms with Crippen molar-refractivity contribution in [3.05, 3.63) is 57.5 Å². The Hall–Kier alpha value is -2.31. The molecule has 3 heterocycles. The van der Waals surface area contributed by atoms with Gasteiger partial charge in [-0.3, -0.25) is 9.69 Å². The number of benzene rings is 1. The molecule has 6 nitrogen and oxygen atoms in total. The van der Waals surface area contributed by atoms with E-state index < -0.39 is 0 Å². The second-order valence-corrected chi connectivity index (χ2v) is 7.29. The Kier molecular flexibility index (Phi) is 4.93. The first kappa shape index (κ1) is 18.1. The van der Waals surface area contributed by atoms with Gasteiger partial charge < -0.3 is 19.2 Å². The highest BCUT2D eigenvalue weighted by Crippen LogP contribution is 2.45. The quantitative estimate of drug-likeness (QED) is 0.896. The number of aromatic amines is 1. The molecule has 2 aromatic rings. The maximum atomic E-state index is 11.2. The molecule has 0 unspecified atom stereocenters. The van der Waals surface area contributed by atoms with E-state index in [9.17, 15) is 4.79 Å². The largest absolute Gasteiger partial charge is 0.493 e. The van der Waals surface area contributed by atoms with Crippen LogP contribution in [0.1, 0.15) is 29.5 Å². The fourth-order valence-electron chi connectivity index (χ4n) is 4.27. The number of methoxy groups -OCH3 is 2. The van der Waals surface area contributed by atoms with Gasteiger partial charge >= 0.3 is 0 Å². The van der Waals surface area contributed by atoms with E-state index in [0.717, 1.165) is 62.6 Å². The lowest BCUT2D eigenvalue weighted by molar-refractivity contribution is -0.0990. The predicted octanol–water partition coefficient (Wildman–Crippen LogP) is 2.46. The van der Waals surface area contributed by atoms with Gasteiger partial charge in [-0.25, -0.2) is 0 Å². The van der Waals surface area contributed by atoms with Crippen LogP contribution in [0.4, 0.5) is 0 Å². The minimum absolute atomic E-state index is 0.0621. The highest BCUT2D eigenvalue weighted by atomic mass is 16.5. The van der Waals surface area contributed by atoms with Crippen molar-refractivity contribution < 1.29 is 14.2 Å². The van der Waals surface area contributed by atoms with Gasteiger partial charge in [0.25, 0.3) is 0 Å². The van der Waals surface area contributed by atoms with Crippen LogP contribution < -0.4 is 15.0 Å². The summed E-state index contributed by atoms with van der Waals surface area (Å²) in [6.07, 6.45) is 4.59. The molecule has 0 bridgehead atoms. The fraction of sp³-hybridized carbons (Fsp3) is 0.476. The van der Waals surface area contributed by atoms with Crippen molar-refractivity contribution in [1.29, 1.82) is 0 Å². The van der Waals surface area contributed by atoms with Crippen LogP contribution in [-0.4, -0.2) is 43.8 Å². The van der Waals surface area contributed by atoms with E-state index in [2.05, 4.69) is 22.0 Å². The number of fused-ring (bicyclic) bond motifs is 2. The van der Waals surface area contributed by atoms with Crippen LogP contribution in [0.3, 0.4) is 0 Å². The first-order valence-electron chi connectivity index (χ1n) is 9.43. The minimum atomic E-state index is -0.241. The van der Waals surface area contributed by atoms with Crippen LogP contribution in [0.5, 0.6) is 11.5 Å². The molecule has 144 valence electrons. The maximum Gasteiger partial charge on any atom is 0.247 e. The molecular weight excluding hydrogens is 344 g/mol. The summed E-state index contributed by atoms with van der Waals surface area (Å²) in [4.78, 5) is 16.4. The van der Waals surface area contributed by atoms with Gasteiger partial charge in [0.2, 0.25) is 5.56 Å². The van der Waals surface area contributed by atoms with Crippen molar-refractivity contribution >= 4 is 0 Å². The topological polar surface area (TPSA) is 63.8 Å². The normalized spacial score (nSPS) is 18.9. The molecule has 2 aliphatic rings. The molecule has 1 N–H and O–H groups in total. The number of likely N-dealkylation sites (tertiary alicyclic amines) is 1. The van der Waals surface area contributed by atoms with Gasteiger partial charge in [-0.15, -0.1) is 0 Å². The Labute approximate surface area is 159 Å². The van der Waals surface area contributed by atoms with Crippen LogP contribution in [-0.2, 0) is 23.3 Å². The number of H-pyrrole nitrogens is 1. The molecule has 0 atom stereocenters. The van der Waals surface area contributed by atoms with Gasteiger partial charge in [0.15, 0.2) is 11.5 Å². The molecule has 0 aliphatic carbocycles. The summed E-state index contributed by atoms with van der Waals surface area (Å²) in [5.41, 5.74) is 3.37. The summed E-state index contributed by atoms with van der Waals surface area (Å²) >= 11 is 0. The Morgan fingerprint density at radius 2 is 1.89 bits per heavy atom. The van der Waals surface area contributed by atoms with Crippen molar-refractivity contribution in [2.75, 3.05) is 33.9 Å². The monoisotopic (exact) mass is 370 g/mol. The van der Waals surface area contributed by atoms with E-state index in [0.29, 0.717) is 0 Å². The molecule has 6 heteroatoms. The zero-order valence-electron chi connectivity index (χ0n) is 15.9. The van der Waals surface area contributed by atoms with Crippen LogP contribution in [0.25, 0.3) is 0 Å². The number of piperidine rings is 1. The second kappa shape index (κ2) is 7.37. The standard InChI is InChI=1S/C21H26N2O4/c1-25-18-11-16-5-10-27-21(17(16)12-19(18)26-2)6-8-23(9-7-21)14-15-3-4-20(24)22-13-15/h3-4,11-13H,5-10,14H2,1-2H3,(H,22,24). The fourth-order valence-corrected chi connectivity index (χ4v) is 4.27. The lowest BCUT2D eigenvalue weighted by Gasteiger charge is -2.45. The van der Waals surface area contributed by atoms with E-state index in [-0.39, 0.29) is 11.2 Å². The average Bonchev–Trinajstić information content (AvgIpc) is 2.71. The van der Waals surface area contributed by atoms with Gasteiger partial charge in [0, 0.05) is 31.9 Å². The molecule has 4 rings (SSSR count). The highest BCUT2D eigenvalue weighted by molar-refractivity contribution is 5.50. The number of ether oxygens (including phenoxy) is 3. The van der Waals surface area contributed by atoms with Crippen molar-refractivity contribution in [2.45, 2.75) is 31.4 Å². The third-order valence-corrected chi connectivity index (χ3v) is 5.77. The Bertz CT molecular complexity index is 848. The van der Waals surface area contributed by atoms with Gasteiger partial charge in [-0.05, 0) is 48.1 Å². The van der Waals surface area contributed by atoms with E-state index in [1.807, 2.05) is 6.07 Å². The molecule has 0 saturated carbocycles. The zero-order valence-corrected chi connectivity index (χ0v) is 15.9. The SMILES string of the molecule is COc1cc2c(cc1OC)C1(CCN(Cc3ccc(=O)[nH]c3)CC1)OCC2. The van der Waals surface area contributed by atoms with Crippen LogP contribution in [0, 0.1) is 0 Å². The molecule has 1 aromatic heterocycles. The van der Waals surface area contributed by atoms with E-state index in [1.165, 1.54) is 11.1 Å². The van der Waals surface area contributed by atoms with Crippen molar-refractivity contribution in [3.63, 3.8) is 0 Å². The van der Waals surface area contributed by atoms with Crippen LogP contribution >= 0.6 is 0 Å². The lowest BCUT2D eigenvalue weighted by atomic mass is 9.79. The van der Waals surface area contributed by atoms with Gasteiger partial charge in [0.05, 0.1) is 26.4 Å². The first-order chi connectivity index (χ1) is 13.1. The summed E-state index contributed by atoms with van der Waals surface area (Å²) in [7, 11) is 3.35. The number of nitrogens with zero attached hydrogens (tertiary/aromatic N) is 1. The van der Waals surface area contributed by atoms with E-state index in [1.54, 1.807) is 26.5 Å². The Balaban J connectivity index is 1.53. The minimum Gasteiger partial charge on any atom is -0.493 e. The van der Waals surface area contributed by atoms with Gasteiger partial charge in [-0.1, -0.05) is 6.07 Å². The van der Waals surface area contributed by atoms with Crippen LogP contribution in [0.15, 0.2) is 35.3 Å². The number of rotatable bonds is 4. The zero-order chi connectivity index (χ0) is 18.9. The number of aromatic nitrogens is 1. The highest BCUT2D eigenvalue weighted by Gasteiger charge is 2.41. The summed E-state index contributed by atoms with van der Waals surface area (Å²) < 4.78 is 17.3. The Morgan fingerprint density at radius 3 is 2.56 bits per heavy atom. The number of hydrogen-bond acceptors (Lipinski definition) is 5. The molecule has 2 aliphatic heterocycles. The third kappa shape index (κ3) is 3.47. The predicted molar refractivity (Wildman–Crippen MR) is 102 cm³/mol. The second-order valence-electron chi connectivity index (χ2n) is 7.29. The third-order valence-electron chi connectivity index (χ3n) is 5.77. The van der Waals surface area contributed by atoms with Gasteiger partial charge in [0.1, 0.15) is 0 Å². The molecule has 1 aromatic carbocycles. The summed E-state index contributed by atoms with van der Waals surface area (Å²) in [6, 6.07) is 7.68. The number of hydrogen-bond donors (Lipinski definition) is 1. The van der Waals surface area contributed by atoms with Crippen LogP contribution in [0.2, 0.25) is 0 Å². The number of nitrogens with one attached hydrogen (secondary N) is 1. The molecule has 0 amide bonds. The molecular formula is C21H26N2O4. The van der Waals surface area contributed by atoms with E-state index >= 15 is 0 Å². The molecule has 0 radical (unpaired) electrons. The number of pyridine rings is 1. The van der Waals surface area contributed by atoms with Crippen molar-refractivity contribution in [3.8, 4) is 11.5 Å². The summed E-state index contributed by atoms with van der Waals surface area (Å²) in [6.45, 7) is 3.48. The van der Waals surface area contributed by atoms with Crippen molar-refractivity contribution in [2.24, 2.45) is 0 Å². The molecule has 27 heavy (non-hydrogen) atoms. The maximum absolute atomic E-state index is 11.2. The van der Waals surface area contributed by atoms with Gasteiger partial charge in [-0.2, -0.15) is 0 Å². The lowest BCUT2D eigenvalue weighted by Crippen LogP contribution is -2.46. The summed E-state index contributed by atoms with van der Waals surface area (Å²) in [5.74, 6) is 1.54. The van der Waals surface area contributed by atoms with E-state index in [4.69, 9.17) is 14.2 Å².